The summed E-state index contributed by atoms with van der Waals surface area (Å²) < 4.78 is 9.80. The molecule has 7 nitrogen and oxygen atoms in total. The molecule has 32 heavy (non-hydrogen) atoms. The minimum atomic E-state index is -1.19. The second-order valence-electron chi connectivity index (χ2n) is 7.57. The normalized spacial score (nSPS) is 18.0. The SMILES string of the molecule is COC(=O)c1ccc(C(=O)OCC(=O)N(C)C2(c3ccccc3Cl)CCCCC2=O)cc1. The Bertz CT molecular complexity index is 1040. The van der Waals surface area contributed by atoms with Crippen LogP contribution in [0.5, 0.6) is 0 Å². The highest BCUT2D eigenvalue weighted by Gasteiger charge is 2.48. The van der Waals surface area contributed by atoms with E-state index in [1.54, 1.807) is 24.3 Å². The lowest BCUT2D eigenvalue weighted by Gasteiger charge is -2.43. The van der Waals surface area contributed by atoms with Crippen molar-refractivity contribution in [2.45, 2.75) is 31.2 Å². The van der Waals surface area contributed by atoms with Crippen molar-refractivity contribution in [1.29, 1.82) is 0 Å². The van der Waals surface area contributed by atoms with E-state index in [0.29, 0.717) is 23.4 Å². The van der Waals surface area contributed by atoms with Crippen LogP contribution >= 0.6 is 11.6 Å². The first kappa shape index (κ1) is 23.5. The molecule has 1 unspecified atom stereocenters. The highest BCUT2D eigenvalue weighted by Crippen LogP contribution is 2.42. The number of Topliss-reactive ketones (excluding diaryl/α,β-unsaturated/α-hetero) is 1. The van der Waals surface area contributed by atoms with Gasteiger partial charge in [0, 0.05) is 24.1 Å². The Morgan fingerprint density at radius 2 is 1.62 bits per heavy atom. The van der Waals surface area contributed by atoms with Crippen molar-refractivity contribution < 1.29 is 28.7 Å². The Balaban J connectivity index is 1.76. The van der Waals surface area contributed by atoms with Crippen molar-refractivity contribution in [3.63, 3.8) is 0 Å². The summed E-state index contributed by atoms with van der Waals surface area (Å²) >= 11 is 6.41. The lowest BCUT2D eigenvalue weighted by Crippen LogP contribution is -2.55. The van der Waals surface area contributed by atoms with Crippen LogP contribution in [0.1, 0.15) is 52.0 Å². The number of methoxy groups -OCH3 is 1. The Morgan fingerprint density at radius 3 is 2.22 bits per heavy atom. The van der Waals surface area contributed by atoms with E-state index in [1.807, 2.05) is 0 Å². The van der Waals surface area contributed by atoms with Gasteiger partial charge in [-0.25, -0.2) is 9.59 Å². The van der Waals surface area contributed by atoms with Crippen LogP contribution in [0.4, 0.5) is 0 Å². The number of hydrogen-bond acceptors (Lipinski definition) is 6. The third kappa shape index (κ3) is 4.53. The van der Waals surface area contributed by atoms with E-state index in [2.05, 4.69) is 4.74 Å². The zero-order valence-corrected chi connectivity index (χ0v) is 18.7. The summed E-state index contributed by atoms with van der Waals surface area (Å²) in [6.45, 7) is -0.534. The van der Waals surface area contributed by atoms with Gasteiger partial charge in [0.05, 0.1) is 18.2 Å². The lowest BCUT2D eigenvalue weighted by molar-refractivity contribution is -0.150. The maximum atomic E-state index is 13.1. The maximum absolute atomic E-state index is 13.1. The molecule has 0 bridgehead atoms. The Kier molecular flexibility index (Phi) is 7.30. The number of benzene rings is 2. The summed E-state index contributed by atoms with van der Waals surface area (Å²) in [4.78, 5) is 51.3. The number of amides is 1. The zero-order chi connectivity index (χ0) is 23.3. The molecular weight excluding hydrogens is 434 g/mol. The summed E-state index contributed by atoms with van der Waals surface area (Å²) in [5, 5.41) is 0.407. The van der Waals surface area contributed by atoms with E-state index in [0.717, 1.165) is 12.8 Å². The molecule has 0 saturated heterocycles. The standard InChI is InChI=1S/C24H24ClNO6/c1-26(24(14-6-5-9-20(24)27)18-7-3-4-8-19(18)25)21(28)15-32-23(30)17-12-10-16(11-13-17)22(29)31-2/h3-4,7-8,10-13H,5-6,9,14-15H2,1-2H3. The van der Waals surface area contributed by atoms with Crippen LogP contribution in [-0.2, 0) is 24.6 Å². The van der Waals surface area contributed by atoms with Gasteiger partial charge in [-0.3, -0.25) is 9.59 Å². The van der Waals surface area contributed by atoms with Gasteiger partial charge in [-0.15, -0.1) is 0 Å². The number of carbonyl (C=O) groups is 4. The van der Waals surface area contributed by atoms with Crippen LogP contribution in [0, 0.1) is 0 Å². The summed E-state index contributed by atoms with van der Waals surface area (Å²) in [6, 6.07) is 12.7. The van der Waals surface area contributed by atoms with Gasteiger partial charge in [-0.05, 0) is 49.6 Å². The zero-order valence-electron chi connectivity index (χ0n) is 17.9. The monoisotopic (exact) mass is 457 g/mol. The molecule has 0 radical (unpaired) electrons. The number of ketones is 1. The van der Waals surface area contributed by atoms with Crippen molar-refractivity contribution in [1.82, 2.24) is 4.90 Å². The lowest BCUT2D eigenvalue weighted by atomic mass is 9.74. The van der Waals surface area contributed by atoms with E-state index >= 15 is 0 Å². The van der Waals surface area contributed by atoms with Gasteiger partial charge in [0.1, 0.15) is 5.54 Å². The highest BCUT2D eigenvalue weighted by molar-refractivity contribution is 6.31. The Labute approximate surface area is 191 Å². The molecule has 0 aromatic heterocycles. The molecule has 0 aliphatic heterocycles. The van der Waals surface area contributed by atoms with E-state index in [1.165, 1.54) is 43.3 Å². The fourth-order valence-corrected chi connectivity index (χ4v) is 4.30. The molecule has 1 saturated carbocycles. The number of likely N-dealkylation sites (N-methyl/N-ethyl adjacent to an activating group) is 1. The summed E-state index contributed by atoms with van der Waals surface area (Å²) in [5.74, 6) is -1.84. The molecule has 3 rings (SSSR count). The summed E-state index contributed by atoms with van der Waals surface area (Å²) in [6.07, 6.45) is 2.31. The second kappa shape index (κ2) is 9.96. The molecule has 1 aliphatic carbocycles. The van der Waals surface area contributed by atoms with Crippen LogP contribution in [0.2, 0.25) is 5.02 Å². The first-order valence-electron chi connectivity index (χ1n) is 10.2. The van der Waals surface area contributed by atoms with Crippen LogP contribution in [0.15, 0.2) is 48.5 Å². The van der Waals surface area contributed by atoms with Gasteiger partial charge >= 0.3 is 11.9 Å². The molecule has 0 spiro atoms. The number of hydrogen-bond donors (Lipinski definition) is 0. The first-order valence-corrected chi connectivity index (χ1v) is 10.6. The Hall–Kier alpha value is -3.19. The van der Waals surface area contributed by atoms with Gasteiger partial charge in [0.2, 0.25) is 0 Å². The third-order valence-electron chi connectivity index (χ3n) is 5.79. The van der Waals surface area contributed by atoms with Crippen molar-refractivity contribution in [2.75, 3.05) is 20.8 Å². The fraction of sp³-hybridized carbons (Fsp3) is 0.333. The molecule has 168 valence electrons. The average Bonchev–Trinajstić information content (AvgIpc) is 2.82. The van der Waals surface area contributed by atoms with Gasteiger partial charge in [0.15, 0.2) is 12.4 Å². The highest BCUT2D eigenvalue weighted by atomic mass is 35.5. The number of ether oxygens (including phenoxy) is 2. The van der Waals surface area contributed by atoms with Crippen LogP contribution in [0.3, 0.4) is 0 Å². The predicted molar refractivity (Wildman–Crippen MR) is 117 cm³/mol. The molecule has 8 heteroatoms. The van der Waals surface area contributed by atoms with Crippen LogP contribution in [-0.4, -0.2) is 49.3 Å². The van der Waals surface area contributed by atoms with Crippen molar-refractivity contribution >= 4 is 35.2 Å². The molecule has 1 atom stereocenters. The fourth-order valence-electron chi connectivity index (χ4n) is 4.01. The number of esters is 2. The molecule has 1 amide bonds. The largest absolute Gasteiger partial charge is 0.465 e. The quantitative estimate of drug-likeness (QED) is 0.613. The van der Waals surface area contributed by atoms with E-state index in [9.17, 15) is 19.2 Å². The molecule has 2 aromatic rings. The molecule has 0 N–H and O–H groups in total. The summed E-state index contributed by atoms with van der Waals surface area (Å²) in [5.41, 5.74) is -0.144. The molecular formula is C24H24ClNO6. The van der Waals surface area contributed by atoms with E-state index in [4.69, 9.17) is 16.3 Å². The number of halogens is 1. The molecule has 1 fully saturated rings. The summed E-state index contributed by atoms with van der Waals surface area (Å²) in [7, 11) is 2.80. The number of nitrogens with zero attached hydrogens (tertiary/aromatic N) is 1. The number of carbonyl (C=O) groups excluding carboxylic acids is 4. The average molecular weight is 458 g/mol. The first-order chi connectivity index (χ1) is 15.3. The third-order valence-corrected chi connectivity index (χ3v) is 6.12. The second-order valence-corrected chi connectivity index (χ2v) is 7.98. The maximum Gasteiger partial charge on any atom is 0.338 e. The molecule has 1 aliphatic rings. The number of rotatable bonds is 6. The van der Waals surface area contributed by atoms with E-state index in [-0.39, 0.29) is 16.9 Å². The Morgan fingerprint density at radius 1 is 1.00 bits per heavy atom. The smallest absolute Gasteiger partial charge is 0.338 e. The molecule has 2 aromatic carbocycles. The van der Waals surface area contributed by atoms with Crippen LogP contribution in [0.25, 0.3) is 0 Å². The molecule has 0 heterocycles. The van der Waals surface area contributed by atoms with Crippen molar-refractivity contribution in [3.8, 4) is 0 Å². The van der Waals surface area contributed by atoms with Gasteiger partial charge in [-0.2, -0.15) is 0 Å². The van der Waals surface area contributed by atoms with Gasteiger partial charge in [0.25, 0.3) is 5.91 Å². The van der Waals surface area contributed by atoms with Crippen molar-refractivity contribution in [3.05, 3.63) is 70.2 Å². The van der Waals surface area contributed by atoms with E-state index < -0.39 is 30.0 Å². The van der Waals surface area contributed by atoms with Crippen molar-refractivity contribution in [2.24, 2.45) is 0 Å². The van der Waals surface area contributed by atoms with Gasteiger partial charge < -0.3 is 14.4 Å². The van der Waals surface area contributed by atoms with Gasteiger partial charge in [-0.1, -0.05) is 29.8 Å². The minimum absolute atomic E-state index is 0.0857. The predicted octanol–water partition coefficient (Wildman–Crippen LogP) is 3.78. The minimum Gasteiger partial charge on any atom is -0.465 e. The topological polar surface area (TPSA) is 90.0 Å². The van der Waals surface area contributed by atoms with Crippen LogP contribution < -0.4 is 0 Å².